The van der Waals surface area contributed by atoms with Crippen LogP contribution in [0, 0.1) is 5.82 Å². The lowest BCUT2D eigenvalue weighted by atomic mass is 10.0. The van der Waals surface area contributed by atoms with Crippen LogP contribution in [0.5, 0.6) is 0 Å². The monoisotopic (exact) mass is 207 g/mol. The molecule has 1 amide bonds. The molecular weight excluding hydrogens is 193 g/mol. The number of nitrogens with zero attached hydrogens (tertiary/aromatic N) is 1. The van der Waals surface area contributed by atoms with Crippen molar-refractivity contribution in [3.63, 3.8) is 0 Å². The Hall–Kier alpha value is -1.38. The van der Waals surface area contributed by atoms with E-state index in [0.717, 1.165) is 18.5 Å². The summed E-state index contributed by atoms with van der Waals surface area (Å²) in [6, 6.07) is 6.33. The quantitative estimate of drug-likeness (QED) is 0.693. The number of piperidine rings is 1. The highest BCUT2D eigenvalue weighted by Gasteiger charge is 2.25. The van der Waals surface area contributed by atoms with Crippen molar-refractivity contribution < 1.29 is 9.18 Å². The Labute approximate surface area is 88.7 Å². The Morgan fingerprint density at radius 3 is 2.60 bits per heavy atom. The highest BCUT2D eigenvalue weighted by atomic mass is 19.1. The minimum Gasteiger partial charge on any atom is -0.310 e. The summed E-state index contributed by atoms with van der Waals surface area (Å²) in [5.41, 5.74) is 0.800. The Morgan fingerprint density at radius 1 is 1.33 bits per heavy atom. The predicted molar refractivity (Wildman–Crippen MR) is 57.2 cm³/mol. The molecule has 0 N–H and O–H groups in total. The number of rotatable bonds is 1. The van der Waals surface area contributed by atoms with Crippen LogP contribution in [0.4, 0.5) is 10.1 Å². The van der Waals surface area contributed by atoms with Crippen molar-refractivity contribution in [2.75, 3.05) is 4.90 Å². The first-order valence-electron chi connectivity index (χ1n) is 5.26. The maximum atomic E-state index is 12.7. The fourth-order valence-corrected chi connectivity index (χ4v) is 2.04. The summed E-state index contributed by atoms with van der Waals surface area (Å²) in [6.07, 6.45) is 2.57. The topological polar surface area (TPSA) is 20.3 Å². The minimum atomic E-state index is -0.268. The molecule has 0 aromatic heterocycles. The molecule has 1 fully saturated rings. The Balaban J connectivity index is 2.27. The fourth-order valence-electron chi connectivity index (χ4n) is 2.04. The lowest BCUT2D eigenvalue weighted by molar-refractivity contribution is -0.120. The van der Waals surface area contributed by atoms with Gasteiger partial charge in [-0.25, -0.2) is 4.39 Å². The molecule has 1 aliphatic rings. The zero-order chi connectivity index (χ0) is 10.8. The third-order valence-electron chi connectivity index (χ3n) is 2.83. The molecule has 2 nitrogen and oxygen atoms in total. The normalized spacial score (nSPS) is 21.9. The first-order valence-corrected chi connectivity index (χ1v) is 5.26. The van der Waals surface area contributed by atoms with Crippen molar-refractivity contribution in [1.82, 2.24) is 0 Å². The Morgan fingerprint density at radius 2 is 2.00 bits per heavy atom. The largest absolute Gasteiger partial charge is 0.310 e. The molecule has 0 aliphatic carbocycles. The molecule has 1 atom stereocenters. The highest BCUT2D eigenvalue weighted by Crippen LogP contribution is 2.25. The van der Waals surface area contributed by atoms with Gasteiger partial charge in [-0.2, -0.15) is 0 Å². The van der Waals surface area contributed by atoms with Gasteiger partial charge in [0.25, 0.3) is 0 Å². The average Bonchev–Trinajstić information content (AvgIpc) is 2.20. The lowest BCUT2D eigenvalue weighted by Gasteiger charge is -2.33. The molecular formula is C12H14FNO. The molecule has 1 heterocycles. The van der Waals surface area contributed by atoms with Crippen molar-refractivity contribution in [2.24, 2.45) is 0 Å². The van der Waals surface area contributed by atoms with Gasteiger partial charge in [-0.05, 0) is 44.0 Å². The van der Waals surface area contributed by atoms with Crippen molar-refractivity contribution in [3.8, 4) is 0 Å². The summed E-state index contributed by atoms with van der Waals surface area (Å²) in [4.78, 5) is 13.5. The van der Waals surface area contributed by atoms with Crippen molar-refractivity contribution in [1.29, 1.82) is 0 Å². The minimum absolute atomic E-state index is 0.139. The van der Waals surface area contributed by atoms with Crippen LogP contribution in [0.3, 0.4) is 0 Å². The summed E-state index contributed by atoms with van der Waals surface area (Å²) in [6.45, 7) is 2.03. The van der Waals surface area contributed by atoms with Gasteiger partial charge in [0, 0.05) is 18.2 Å². The van der Waals surface area contributed by atoms with E-state index in [1.165, 1.54) is 12.1 Å². The van der Waals surface area contributed by atoms with E-state index in [1.807, 2.05) is 6.92 Å². The standard InChI is InChI=1S/C12H14FNO/c1-9-3-2-4-12(15)14(9)11-7-5-10(13)6-8-11/h5-9H,2-4H2,1H3/t9-/m0/s1. The van der Waals surface area contributed by atoms with Gasteiger partial charge in [-0.15, -0.1) is 0 Å². The molecule has 0 unspecified atom stereocenters. The van der Waals surface area contributed by atoms with Gasteiger partial charge >= 0.3 is 0 Å². The first kappa shape index (κ1) is 10.1. The number of carbonyl (C=O) groups excluding carboxylic acids is 1. The van der Waals surface area contributed by atoms with E-state index < -0.39 is 0 Å². The van der Waals surface area contributed by atoms with E-state index in [0.29, 0.717) is 6.42 Å². The van der Waals surface area contributed by atoms with Crippen LogP contribution in [-0.2, 0) is 4.79 Å². The fraction of sp³-hybridized carbons (Fsp3) is 0.417. The van der Waals surface area contributed by atoms with Crippen LogP contribution < -0.4 is 4.90 Å². The van der Waals surface area contributed by atoms with Gasteiger partial charge in [0.2, 0.25) is 5.91 Å². The van der Waals surface area contributed by atoms with E-state index >= 15 is 0 Å². The molecule has 80 valence electrons. The predicted octanol–water partition coefficient (Wildman–Crippen LogP) is 2.73. The molecule has 1 aromatic carbocycles. The Bertz CT molecular complexity index is 360. The summed E-state index contributed by atoms with van der Waals surface area (Å²) >= 11 is 0. The molecule has 0 radical (unpaired) electrons. The zero-order valence-corrected chi connectivity index (χ0v) is 8.74. The molecule has 0 bridgehead atoms. The SMILES string of the molecule is C[C@H]1CCCC(=O)N1c1ccc(F)cc1. The van der Waals surface area contributed by atoms with Gasteiger partial charge in [0.05, 0.1) is 0 Å². The average molecular weight is 207 g/mol. The molecule has 1 aliphatic heterocycles. The second kappa shape index (κ2) is 4.01. The number of hydrogen-bond acceptors (Lipinski definition) is 1. The Kier molecular flexibility index (Phi) is 2.71. The van der Waals surface area contributed by atoms with Crippen LogP contribution in [0.2, 0.25) is 0 Å². The van der Waals surface area contributed by atoms with E-state index in [1.54, 1.807) is 17.0 Å². The van der Waals surface area contributed by atoms with Gasteiger partial charge in [-0.3, -0.25) is 4.79 Å². The number of halogens is 1. The number of hydrogen-bond donors (Lipinski definition) is 0. The van der Waals surface area contributed by atoms with Gasteiger partial charge in [-0.1, -0.05) is 0 Å². The van der Waals surface area contributed by atoms with Gasteiger partial charge in [0.15, 0.2) is 0 Å². The van der Waals surface area contributed by atoms with Gasteiger partial charge < -0.3 is 4.90 Å². The van der Waals surface area contributed by atoms with E-state index in [9.17, 15) is 9.18 Å². The van der Waals surface area contributed by atoms with Gasteiger partial charge in [0.1, 0.15) is 5.82 Å². The summed E-state index contributed by atoms with van der Waals surface area (Å²) in [7, 11) is 0. The lowest BCUT2D eigenvalue weighted by Crippen LogP contribution is -2.42. The van der Waals surface area contributed by atoms with E-state index in [2.05, 4.69) is 0 Å². The number of anilines is 1. The molecule has 0 spiro atoms. The van der Waals surface area contributed by atoms with Crippen molar-refractivity contribution >= 4 is 11.6 Å². The molecule has 1 saturated heterocycles. The zero-order valence-electron chi connectivity index (χ0n) is 8.74. The van der Waals surface area contributed by atoms with Crippen molar-refractivity contribution in [3.05, 3.63) is 30.1 Å². The second-order valence-electron chi connectivity index (χ2n) is 3.98. The van der Waals surface area contributed by atoms with Crippen LogP contribution in [-0.4, -0.2) is 11.9 Å². The number of carbonyl (C=O) groups is 1. The molecule has 15 heavy (non-hydrogen) atoms. The second-order valence-corrected chi connectivity index (χ2v) is 3.98. The summed E-state index contributed by atoms with van der Waals surface area (Å²) in [5.74, 6) is -0.129. The van der Waals surface area contributed by atoms with Crippen LogP contribution in [0.25, 0.3) is 0 Å². The van der Waals surface area contributed by atoms with Crippen molar-refractivity contribution in [2.45, 2.75) is 32.2 Å². The maximum absolute atomic E-state index is 12.7. The molecule has 0 saturated carbocycles. The highest BCUT2D eigenvalue weighted by molar-refractivity contribution is 5.94. The smallest absolute Gasteiger partial charge is 0.227 e. The third-order valence-corrected chi connectivity index (χ3v) is 2.83. The first-order chi connectivity index (χ1) is 7.18. The third kappa shape index (κ3) is 2.01. The maximum Gasteiger partial charge on any atom is 0.227 e. The number of amides is 1. The summed E-state index contributed by atoms with van der Waals surface area (Å²) in [5, 5.41) is 0. The van der Waals surface area contributed by atoms with E-state index in [-0.39, 0.29) is 17.8 Å². The number of benzene rings is 1. The van der Waals surface area contributed by atoms with Crippen LogP contribution in [0.15, 0.2) is 24.3 Å². The molecule has 1 aromatic rings. The molecule has 2 rings (SSSR count). The molecule has 3 heteroatoms. The van der Waals surface area contributed by atoms with Crippen LogP contribution >= 0.6 is 0 Å². The summed E-state index contributed by atoms with van der Waals surface area (Å²) < 4.78 is 12.7. The van der Waals surface area contributed by atoms with E-state index in [4.69, 9.17) is 0 Å². The van der Waals surface area contributed by atoms with Crippen LogP contribution in [0.1, 0.15) is 26.2 Å².